The van der Waals surface area contributed by atoms with Gasteiger partial charge < -0.3 is 14.7 Å². The minimum absolute atomic E-state index is 0.151. The normalized spacial score (nSPS) is 22.0. The minimum atomic E-state index is -0.684. The van der Waals surface area contributed by atoms with Crippen LogP contribution in [-0.2, 0) is 11.2 Å². The number of carbonyl (C=O) groups excluding carboxylic acids is 1. The van der Waals surface area contributed by atoms with E-state index in [-0.39, 0.29) is 5.91 Å². The van der Waals surface area contributed by atoms with Gasteiger partial charge in [-0.1, -0.05) is 12.1 Å². The zero-order valence-electron chi connectivity index (χ0n) is 16.8. The standard InChI is InChI=1S/C22H34N2O3/c1-22(2,26)10-9-18-6-5-7-19(16-18)21(25)24-11-4-3-8-20(24)17-23-12-14-27-15-13-23/h5-7,16,20,26H,3-4,8-15,17H2,1-2H3. The third kappa shape index (κ3) is 6.03. The number of nitrogens with zero attached hydrogens (tertiary/aromatic N) is 2. The van der Waals surface area contributed by atoms with E-state index in [2.05, 4.69) is 9.80 Å². The van der Waals surface area contributed by atoms with Gasteiger partial charge in [0.1, 0.15) is 0 Å². The predicted octanol–water partition coefficient (Wildman–Crippen LogP) is 2.72. The Balaban J connectivity index is 1.66. The topological polar surface area (TPSA) is 53.0 Å². The molecule has 1 atom stereocenters. The molecule has 2 aliphatic heterocycles. The smallest absolute Gasteiger partial charge is 0.254 e. The highest BCUT2D eigenvalue weighted by atomic mass is 16.5. The molecule has 2 saturated heterocycles. The maximum absolute atomic E-state index is 13.2. The fraction of sp³-hybridized carbons (Fsp3) is 0.682. The lowest BCUT2D eigenvalue weighted by Crippen LogP contribution is -2.51. The number of rotatable bonds is 6. The van der Waals surface area contributed by atoms with Gasteiger partial charge in [0.2, 0.25) is 0 Å². The van der Waals surface area contributed by atoms with Gasteiger partial charge in [-0.25, -0.2) is 0 Å². The van der Waals surface area contributed by atoms with Crippen LogP contribution in [0.15, 0.2) is 24.3 Å². The fourth-order valence-electron chi connectivity index (χ4n) is 4.02. The number of piperidine rings is 1. The van der Waals surface area contributed by atoms with E-state index in [0.29, 0.717) is 12.5 Å². The van der Waals surface area contributed by atoms with Crippen LogP contribution < -0.4 is 0 Å². The quantitative estimate of drug-likeness (QED) is 0.832. The van der Waals surface area contributed by atoms with Crippen molar-refractivity contribution >= 4 is 5.91 Å². The second-order valence-corrected chi connectivity index (χ2v) is 8.57. The van der Waals surface area contributed by atoms with E-state index >= 15 is 0 Å². The van der Waals surface area contributed by atoms with Crippen LogP contribution in [-0.4, -0.2) is 71.8 Å². The molecule has 3 rings (SSSR count). The van der Waals surface area contributed by atoms with E-state index in [1.54, 1.807) is 0 Å². The molecule has 0 spiro atoms. The second-order valence-electron chi connectivity index (χ2n) is 8.57. The zero-order valence-corrected chi connectivity index (χ0v) is 16.8. The second kappa shape index (κ2) is 9.18. The highest BCUT2D eigenvalue weighted by Gasteiger charge is 2.29. The summed E-state index contributed by atoms with van der Waals surface area (Å²) in [6.45, 7) is 8.97. The van der Waals surface area contributed by atoms with E-state index in [0.717, 1.165) is 69.8 Å². The molecule has 1 amide bonds. The first kappa shape index (κ1) is 20.3. The van der Waals surface area contributed by atoms with Gasteiger partial charge in [-0.05, 0) is 63.6 Å². The SMILES string of the molecule is CC(C)(O)CCc1cccc(C(=O)N2CCCCC2CN2CCOCC2)c1. The van der Waals surface area contributed by atoms with Crippen LogP contribution in [0.3, 0.4) is 0 Å². The van der Waals surface area contributed by atoms with E-state index in [1.165, 1.54) is 6.42 Å². The van der Waals surface area contributed by atoms with Gasteiger partial charge in [-0.3, -0.25) is 9.69 Å². The predicted molar refractivity (Wildman–Crippen MR) is 107 cm³/mol. The number of aliphatic hydroxyl groups is 1. The molecular formula is C22H34N2O3. The largest absolute Gasteiger partial charge is 0.390 e. The van der Waals surface area contributed by atoms with Crippen LogP contribution >= 0.6 is 0 Å². The molecule has 27 heavy (non-hydrogen) atoms. The summed E-state index contributed by atoms with van der Waals surface area (Å²) in [7, 11) is 0. The lowest BCUT2D eigenvalue weighted by atomic mass is 9.96. The molecule has 1 N–H and O–H groups in total. The Hall–Kier alpha value is -1.43. The van der Waals surface area contributed by atoms with E-state index in [4.69, 9.17) is 4.74 Å². The van der Waals surface area contributed by atoms with Crippen LogP contribution in [0, 0.1) is 0 Å². The zero-order chi connectivity index (χ0) is 19.3. The van der Waals surface area contributed by atoms with Crippen LogP contribution in [0.5, 0.6) is 0 Å². The molecule has 1 unspecified atom stereocenters. The minimum Gasteiger partial charge on any atom is -0.390 e. The summed E-state index contributed by atoms with van der Waals surface area (Å²) < 4.78 is 5.45. The molecule has 0 aliphatic carbocycles. The molecule has 0 radical (unpaired) electrons. The molecular weight excluding hydrogens is 340 g/mol. The first-order chi connectivity index (χ1) is 12.9. The average molecular weight is 375 g/mol. The van der Waals surface area contributed by atoms with E-state index < -0.39 is 5.60 Å². The third-order valence-corrected chi connectivity index (χ3v) is 5.66. The molecule has 0 aromatic heterocycles. The van der Waals surface area contributed by atoms with E-state index in [9.17, 15) is 9.90 Å². The van der Waals surface area contributed by atoms with Gasteiger partial charge in [0.15, 0.2) is 0 Å². The van der Waals surface area contributed by atoms with Gasteiger partial charge in [-0.15, -0.1) is 0 Å². The van der Waals surface area contributed by atoms with Crippen molar-refractivity contribution in [3.8, 4) is 0 Å². The Morgan fingerprint density at radius 1 is 1.22 bits per heavy atom. The highest BCUT2D eigenvalue weighted by Crippen LogP contribution is 2.22. The Kier molecular flexibility index (Phi) is 6.90. The number of morpholine rings is 1. The molecule has 1 aromatic rings. The number of likely N-dealkylation sites (tertiary alicyclic amines) is 1. The Labute approximate surface area is 163 Å². The summed E-state index contributed by atoms with van der Waals surface area (Å²) in [6.07, 6.45) is 4.84. The summed E-state index contributed by atoms with van der Waals surface area (Å²) in [5.41, 5.74) is 1.21. The number of hydrogen-bond donors (Lipinski definition) is 1. The number of carbonyl (C=O) groups is 1. The van der Waals surface area contributed by atoms with Crippen LogP contribution in [0.2, 0.25) is 0 Å². The van der Waals surface area contributed by atoms with Crippen molar-refractivity contribution in [1.29, 1.82) is 0 Å². The Bertz CT molecular complexity index is 620. The molecule has 0 bridgehead atoms. The van der Waals surface area contributed by atoms with Gasteiger partial charge in [0.25, 0.3) is 5.91 Å². The number of ether oxygens (including phenoxy) is 1. The maximum Gasteiger partial charge on any atom is 0.254 e. The number of benzene rings is 1. The van der Waals surface area contributed by atoms with Crippen molar-refractivity contribution in [3.05, 3.63) is 35.4 Å². The first-order valence-corrected chi connectivity index (χ1v) is 10.3. The van der Waals surface area contributed by atoms with Gasteiger partial charge in [0.05, 0.1) is 18.8 Å². The Morgan fingerprint density at radius 3 is 2.74 bits per heavy atom. The van der Waals surface area contributed by atoms with Crippen molar-refractivity contribution in [2.45, 2.75) is 57.6 Å². The summed E-state index contributed by atoms with van der Waals surface area (Å²) in [4.78, 5) is 17.8. The Morgan fingerprint density at radius 2 is 2.00 bits per heavy atom. The van der Waals surface area contributed by atoms with Crippen molar-refractivity contribution in [2.24, 2.45) is 0 Å². The van der Waals surface area contributed by atoms with Crippen molar-refractivity contribution < 1.29 is 14.6 Å². The molecule has 0 saturated carbocycles. The molecule has 5 nitrogen and oxygen atoms in total. The third-order valence-electron chi connectivity index (χ3n) is 5.66. The lowest BCUT2D eigenvalue weighted by molar-refractivity contribution is 0.0166. The number of aryl methyl sites for hydroxylation is 1. The van der Waals surface area contributed by atoms with Crippen LogP contribution in [0.1, 0.15) is 55.5 Å². The molecule has 2 fully saturated rings. The molecule has 2 aliphatic rings. The van der Waals surface area contributed by atoms with Gasteiger partial charge in [0, 0.05) is 37.8 Å². The summed E-state index contributed by atoms with van der Waals surface area (Å²) in [5, 5.41) is 9.96. The number of hydrogen-bond acceptors (Lipinski definition) is 4. The summed E-state index contributed by atoms with van der Waals surface area (Å²) >= 11 is 0. The van der Waals surface area contributed by atoms with Gasteiger partial charge >= 0.3 is 0 Å². The maximum atomic E-state index is 13.2. The fourth-order valence-corrected chi connectivity index (χ4v) is 4.02. The van der Waals surface area contributed by atoms with Crippen molar-refractivity contribution in [2.75, 3.05) is 39.4 Å². The molecule has 2 heterocycles. The number of amides is 1. The highest BCUT2D eigenvalue weighted by molar-refractivity contribution is 5.94. The van der Waals surface area contributed by atoms with Crippen LogP contribution in [0.25, 0.3) is 0 Å². The molecule has 1 aromatic carbocycles. The molecule has 150 valence electrons. The average Bonchev–Trinajstić information content (AvgIpc) is 2.67. The monoisotopic (exact) mass is 374 g/mol. The van der Waals surface area contributed by atoms with Crippen molar-refractivity contribution in [1.82, 2.24) is 9.80 Å². The summed E-state index contributed by atoms with van der Waals surface area (Å²) in [5.74, 6) is 0.151. The lowest BCUT2D eigenvalue weighted by Gasteiger charge is -2.39. The van der Waals surface area contributed by atoms with E-state index in [1.807, 2.05) is 38.1 Å². The molecule has 5 heteroatoms. The van der Waals surface area contributed by atoms with Gasteiger partial charge in [-0.2, -0.15) is 0 Å². The summed E-state index contributed by atoms with van der Waals surface area (Å²) in [6, 6.07) is 8.24. The van der Waals surface area contributed by atoms with Crippen molar-refractivity contribution in [3.63, 3.8) is 0 Å². The first-order valence-electron chi connectivity index (χ1n) is 10.3. The van der Waals surface area contributed by atoms with Crippen LogP contribution in [0.4, 0.5) is 0 Å².